The largest absolute Gasteiger partial charge is 0.497 e. The molecule has 4 nitrogen and oxygen atoms in total. The topological polar surface area (TPSA) is 61.5 Å². The molecule has 0 radical (unpaired) electrons. The molecule has 0 saturated heterocycles. The maximum atomic E-state index is 11.8. The van der Waals surface area contributed by atoms with Gasteiger partial charge in [-0.2, -0.15) is 0 Å². The van der Waals surface area contributed by atoms with E-state index >= 15 is 0 Å². The van der Waals surface area contributed by atoms with E-state index in [0.29, 0.717) is 17.0 Å². The SMILES string of the molecule is COc1cc(N)cc(C(=O)OCc2cccs2)c1. The molecule has 2 N–H and O–H groups in total. The van der Waals surface area contributed by atoms with E-state index in [0.717, 1.165) is 4.88 Å². The molecule has 1 aromatic heterocycles. The first-order valence-electron chi connectivity index (χ1n) is 5.33. The van der Waals surface area contributed by atoms with Crippen LogP contribution in [-0.2, 0) is 11.3 Å². The first-order chi connectivity index (χ1) is 8.69. The van der Waals surface area contributed by atoms with Crippen molar-refractivity contribution in [1.82, 2.24) is 0 Å². The summed E-state index contributed by atoms with van der Waals surface area (Å²) in [6.07, 6.45) is 0. The Morgan fingerprint density at radius 1 is 1.39 bits per heavy atom. The number of anilines is 1. The smallest absolute Gasteiger partial charge is 0.338 e. The van der Waals surface area contributed by atoms with E-state index in [2.05, 4.69) is 0 Å². The molecule has 0 spiro atoms. The molecule has 5 heteroatoms. The number of carbonyl (C=O) groups excluding carboxylic acids is 1. The molecule has 0 unspecified atom stereocenters. The zero-order valence-corrected chi connectivity index (χ0v) is 10.7. The Morgan fingerprint density at radius 2 is 2.22 bits per heavy atom. The number of ether oxygens (including phenoxy) is 2. The molecule has 0 bridgehead atoms. The lowest BCUT2D eigenvalue weighted by Gasteiger charge is -2.06. The summed E-state index contributed by atoms with van der Waals surface area (Å²) in [6.45, 7) is 0.271. The van der Waals surface area contributed by atoms with Gasteiger partial charge in [0.15, 0.2) is 0 Å². The quantitative estimate of drug-likeness (QED) is 0.680. The van der Waals surface area contributed by atoms with E-state index in [1.54, 1.807) is 29.5 Å². The van der Waals surface area contributed by atoms with E-state index in [1.807, 2.05) is 17.5 Å². The molecule has 0 fully saturated rings. The minimum Gasteiger partial charge on any atom is -0.497 e. The van der Waals surface area contributed by atoms with Crippen molar-refractivity contribution in [3.8, 4) is 5.75 Å². The molecule has 0 amide bonds. The van der Waals surface area contributed by atoms with Crippen molar-refractivity contribution in [2.45, 2.75) is 6.61 Å². The van der Waals surface area contributed by atoms with Crippen molar-refractivity contribution in [3.63, 3.8) is 0 Å². The van der Waals surface area contributed by atoms with Crippen LogP contribution in [0.2, 0.25) is 0 Å². The lowest BCUT2D eigenvalue weighted by atomic mass is 10.2. The highest BCUT2D eigenvalue weighted by atomic mass is 32.1. The van der Waals surface area contributed by atoms with Crippen LogP contribution in [0.3, 0.4) is 0 Å². The van der Waals surface area contributed by atoms with Crippen molar-refractivity contribution < 1.29 is 14.3 Å². The maximum Gasteiger partial charge on any atom is 0.338 e. The molecular weight excluding hydrogens is 250 g/mol. The molecule has 0 saturated carbocycles. The third kappa shape index (κ3) is 3.01. The van der Waals surface area contributed by atoms with Crippen LogP contribution in [-0.4, -0.2) is 13.1 Å². The number of nitrogen functional groups attached to an aromatic ring is 1. The third-order valence-electron chi connectivity index (χ3n) is 2.33. The van der Waals surface area contributed by atoms with Crippen molar-refractivity contribution in [3.05, 3.63) is 46.2 Å². The van der Waals surface area contributed by atoms with Gasteiger partial charge in [-0.25, -0.2) is 4.79 Å². The summed E-state index contributed by atoms with van der Waals surface area (Å²) < 4.78 is 10.2. The standard InChI is InChI=1S/C13H13NO3S/c1-16-11-6-9(5-10(14)7-11)13(15)17-8-12-3-2-4-18-12/h2-7H,8,14H2,1H3. The van der Waals surface area contributed by atoms with Crippen LogP contribution in [0, 0.1) is 0 Å². The van der Waals surface area contributed by atoms with Gasteiger partial charge in [-0.15, -0.1) is 11.3 Å². The van der Waals surface area contributed by atoms with Crippen LogP contribution in [0.15, 0.2) is 35.7 Å². The number of benzene rings is 1. The molecule has 2 aromatic rings. The molecule has 1 aromatic carbocycles. The Morgan fingerprint density at radius 3 is 2.89 bits per heavy atom. The summed E-state index contributed by atoms with van der Waals surface area (Å²) in [7, 11) is 1.52. The van der Waals surface area contributed by atoms with Gasteiger partial charge in [-0.05, 0) is 23.6 Å². The number of esters is 1. The minimum atomic E-state index is -0.408. The molecule has 18 heavy (non-hydrogen) atoms. The number of hydrogen-bond donors (Lipinski definition) is 1. The van der Waals surface area contributed by atoms with Crippen LogP contribution in [0.5, 0.6) is 5.75 Å². The second kappa shape index (κ2) is 5.55. The van der Waals surface area contributed by atoms with E-state index in [1.165, 1.54) is 7.11 Å². The van der Waals surface area contributed by atoms with Gasteiger partial charge in [0.05, 0.1) is 12.7 Å². The van der Waals surface area contributed by atoms with Gasteiger partial charge in [0, 0.05) is 16.6 Å². The average Bonchev–Trinajstić information content (AvgIpc) is 2.88. The van der Waals surface area contributed by atoms with Crippen molar-refractivity contribution >= 4 is 23.0 Å². The van der Waals surface area contributed by atoms with E-state index in [4.69, 9.17) is 15.2 Å². The summed E-state index contributed by atoms with van der Waals surface area (Å²) in [5, 5.41) is 1.94. The van der Waals surface area contributed by atoms with Gasteiger partial charge in [0.1, 0.15) is 12.4 Å². The van der Waals surface area contributed by atoms with Crippen molar-refractivity contribution in [1.29, 1.82) is 0 Å². The number of rotatable bonds is 4. The predicted molar refractivity (Wildman–Crippen MR) is 70.8 cm³/mol. The van der Waals surface area contributed by atoms with Gasteiger partial charge in [-0.3, -0.25) is 0 Å². The lowest BCUT2D eigenvalue weighted by molar-refractivity contribution is 0.0476. The maximum absolute atomic E-state index is 11.8. The van der Waals surface area contributed by atoms with E-state index in [9.17, 15) is 4.79 Å². The van der Waals surface area contributed by atoms with Crippen LogP contribution >= 0.6 is 11.3 Å². The Labute approximate surface area is 109 Å². The third-order valence-corrected chi connectivity index (χ3v) is 3.18. The molecule has 0 aliphatic rings. The molecule has 0 atom stereocenters. The Hall–Kier alpha value is -2.01. The number of hydrogen-bond acceptors (Lipinski definition) is 5. The summed E-state index contributed by atoms with van der Waals surface area (Å²) >= 11 is 1.54. The lowest BCUT2D eigenvalue weighted by Crippen LogP contribution is -2.05. The first kappa shape index (κ1) is 12.4. The molecule has 0 aliphatic heterocycles. The Balaban J connectivity index is 2.06. The zero-order chi connectivity index (χ0) is 13.0. The fourth-order valence-electron chi connectivity index (χ4n) is 1.47. The average molecular weight is 263 g/mol. The zero-order valence-electron chi connectivity index (χ0n) is 9.88. The highest BCUT2D eigenvalue weighted by molar-refractivity contribution is 7.09. The number of nitrogens with two attached hydrogens (primary N) is 1. The van der Waals surface area contributed by atoms with Gasteiger partial charge >= 0.3 is 5.97 Å². The summed E-state index contributed by atoms with van der Waals surface area (Å²) in [4.78, 5) is 12.8. The fraction of sp³-hybridized carbons (Fsp3) is 0.154. The summed E-state index contributed by atoms with van der Waals surface area (Å²) in [5.41, 5.74) is 6.54. The molecule has 2 rings (SSSR count). The van der Waals surface area contributed by atoms with Crippen molar-refractivity contribution in [2.24, 2.45) is 0 Å². The highest BCUT2D eigenvalue weighted by Crippen LogP contribution is 2.20. The second-order valence-corrected chi connectivity index (χ2v) is 4.68. The van der Waals surface area contributed by atoms with Crippen molar-refractivity contribution in [2.75, 3.05) is 12.8 Å². The number of carbonyl (C=O) groups is 1. The Kier molecular flexibility index (Phi) is 3.84. The summed E-state index contributed by atoms with van der Waals surface area (Å²) in [5.74, 6) is 0.132. The molecule has 1 heterocycles. The second-order valence-electron chi connectivity index (χ2n) is 3.65. The fourth-order valence-corrected chi connectivity index (χ4v) is 2.09. The van der Waals surface area contributed by atoms with E-state index < -0.39 is 5.97 Å². The first-order valence-corrected chi connectivity index (χ1v) is 6.21. The number of thiophene rings is 1. The van der Waals surface area contributed by atoms with Gasteiger partial charge < -0.3 is 15.2 Å². The van der Waals surface area contributed by atoms with Gasteiger partial charge in [0.2, 0.25) is 0 Å². The molecule has 94 valence electrons. The van der Waals surface area contributed by atoms with Gasteiger partial charge in [0.25, 0.3) is 0 Å². The van der Waals surface area contributed by atoms with Crippen LogP contribution in [0.4, 0.5) is 5.69 Å². The van der Waals surface area contributed by atoms with Crippen LogP contribution in [0.1, 0.15) is 15.2 Å². The molecular formula is C13H13NO3S. The highest BCUT2D eigenvalue weighted by Gasteiger charge is 2.10. The number of methoxy groups -OCH3 is 1. The van der Waals surface area contributed by atoms with Gasteiger partial charge in [-0.1, -0.05) is 6.07 Å². The van der Waals surface area contributed by atoms with E-state index in [-0.39, 0.29) is 6.61 Å². The molecule has 0 aliphatic carbocycles. The Bertz CT molecular complexity index is 537. The predicted octanol–water partition coefficient (Wildman–Crippen LogP) is 2.70. The van der Waals surface area contributed by atoms with Crippen LogP contribution < -0.4 is 10.5 Å². The minimum absolute atomic E-state index is 0.271. The normalized spacial score (nSPS) is 10.1. The van der Waals surface area contributed by atoms with Crippen LogP contribution in [0.25, 0.3) is 0 Å². The summed E-state index contributed by atoms with van der Waals surface area (Å²) in [6, 6.07) is 8.65. The monoisotopic (exact) mass is 263 g/mol.